The first kappa shape index (κ1) is 14.3. The van der Waals surface area contributed by atoms with E-state index in [1.807, 2.05) is 12.3 Å². The zero-order valence-corrected chi connectivity index (χ0v) is 12.3. The van der Waals surface area contributed by atoms with Crippen molar-refractivity contribution in [2.75, 3.05) is 6.54 Å². The van der Waals surface area contributed by atoms with E-state index in [1.165, 1.54) is 23.1 Å². The fourth-order valence-corrected chi connectivity index (χ4v) is 2.55. The van der Waals surface area contributed by atoms with Crippen LogP contribution >= 0.6 is 0 Å². The van der Waals surface area contributed by atoms with Crippen LogP contribution < -0.4 is 5.32 Å². The van der Waals surface area contributed by atoms with Gasteiger partial charge in [-0.05, 0) is 43.2 Å². The highest BCUT2D eigenvalue weighted by atomic mass is 19.1. The van der Waals surface area contributed by atoms with Crippen LogP contribution in [0.5, 0.6) is 0 Å². The normalized spacial score (nSPS) is 10.8. The second-order valence-corrected chi connectivity index (χ2v) is 5.35. The maximum atomic E-state index is 13.5. The number of aryl methyl sites for hydroxylation is 1. The Labute approximate surface area is 128 Å². The molecule has 0 unspecified atom stereocenters. The molecule has 1 aromatic heterocycles. The number of fused-ring (bicyclic) bond motifs is 1. The number of carbonyl (C=O) groups is 1. The molecule has 0 atom stereocenters. The van der Waals surface area contributed by atoms with E-state index in [0.29, 0.717) is 13.0 Å². The first-order valence-corrected chi connectivity index (χ1v) is 7.24. The Hall–Kier alpha value is -2.62. The van der Waals surface area contributed by atoms with Crippen LogP contribution in [-0.4, -0.2) is 17.4 Å². The minimum Gasteiger partial charge on any atom is -0.361 e. The first-order chi connectivity index (χ1) is 10.6. The zero-order chi connectivity index (χ0) is 15.5. The lowest BCUT2D eigenvalue weighted by atomic mass is 10.1. The van der Waals surface area contributed by atoms with E-state index in [-0.39, 0.29) is 11.5 Å². The quantitative estimate of drug-likeness (QED) is 0.759. The van der Waals surface area contributed by atoms with Crippen molar-refractivity contribution < 1.29 is 9.18 Å². The topological polar surface area (TPSA) is 44.9 Å². The maximum absolute atomic E-state index is 13.5. The van der Waals surface area contributed by atoms with Gasteiger partial charge in [-0.25, -0.2) is 4.39 Å². The summed E-state index contributed by atoms with van der Waals surface area (Å²) in [5.74, 6) is -0.878. The number of aromatic amines is 1. The SMILES string of the molecule is Cc1ccc2[nH]cc(CCNC(=O)c3ccccc3F)c2c1. The van der Waals surface area contributed by atoms with E-state index in [4.69, 9.17) is 0 Å². The summed E-state index contributed by atoms with van der Waals surface area (Å²) in [6, 6.07) is 12.2. The van der Waals surface area contributed by atoms with Crippen LogP contribution in [0.15, 0.2) is 48.7 Å². The van der Waals surface area contributed by atoms with Crippen LogP contribution in [-0.2, 0) is 6.42 Å². The Kier molecular flexibility index (Phi) is 3.92. The molecule has 3 aromatic rings. The number of nitrogens with one attached hydrogen (secondary N) is 2. The third-order valence-electron chi connectivity index (χ3n) is 3.72. The van der Waals surface area contributed by atoms with Gasteiger partial charge < -0.3 is 10.3 Å². The van der Waals surface area contributed by atoms with E-state index >= 15 is 0 Å². The van der Waals surface area contributed by atoms with Gasteiger partial charge in [-0.1, -0.05) is 23.8 Å². The van der Waals surface area contributed by atoms with Gasteiger partial charge >= 0.3 is 0 Å². The summed E-state index contributed by atoms with van der Waals surface area (Å²) in [6.45, 7) is 2.52. The van der Waals surface area contributed by atoms with Crippen LogP contribution in [0, 0.1) is 12.7 Å². The number of aromatic nitrogens is 1. The minimum atomic E-state index is -0.497. The number of hydrogen-bond donors (Lipinski definition) is 2. The molecule has 0 saturated carbocycles. The van der Waals surface area contributed by atoms with E-state index in [9.17, 15) is 9.18 Å². The zero-order valence-electron chi connectivity index (χ0n) is 12.3. The van der Waals surface area contributed by atoms with Crippen molar-refractivity contribution in [3.8, 4) is 0 Å². The molecule has 1 heterocycles. The molecule has 0 aliphatic rings. The van der Waals surface area contributed by atoms with Crippen molar-refractivity contribution in [1.29, 1.82) is 0 Å². The van der Waals surface area contributed by atoms with Crippen molar-refractivity contribution in [1.82, 2.24) is 10.3 Å². The molecule has 3 rings (SSSR count). The van der Waals surface area contributed by atoms with Gasteiger partial charge in [-0.15, -0.1) is 0 Å². The van der Waals surface area contributed by atoms with E-state index in [0.717, 1.165) is 11.1 Å². The van der Waals surface area contributed by atoms with E-state index in [2.05, 4.69) is 29.4 Å². The highest BCUT2D eigenvalue weighted by Crippen LogP contribution is 2.19. The van der Waals surface area contributed by atoms with Crippen molar-refractivity contribution >= 4 is 16.8 Å². The second-order valence-electron chi connectivity index (χ2n) is 5.35. The third-order valence-corrected chi connectivity index (χ3v) is 3.72. The summed E-state index contributed by atoms with van der Waals surface area (Å²) in [4.78, 5) is 15.2. The molecular weight excluding hydrogens is 279 g/mol. The number of carbonyl (C=O) groups excluding carboxylic acids is 1. The average Bonchev–Trinajstić information content (AvgIpc) is 2.90. The molecule has 3 nitrogen and oxygen atoms in total. The highest BCUT2D eigenvalue weighted by Gasteiger charge is 2.10. The summed E-state index contributed by atoms with van der Waals surface area (Å²) in [5.41, 5.74) is 3.51. The first-order valence-electron chi connectivity index (χ1n) is 7.24. The molecule has 0 bridgehead atoms. The predicted molar refractivity (Wildman–Crippen MR) is 85.5 cm³/mol. The lowest BCUT2D eigenvalue weighted by molar-refractivity contribution is 0.0950. The summed E-state index contributed by atoms with van der Waals surface area (Å²) >= 11 is 0. The van der Waals surface area contributed by atoms with Crippen molar-refractivity contribution in [2.45, 2.75) is 13.3 Å². The van der Waals surface area contributed by atoms with E-state index in [1.54, 1.807) is 12.1 Å². The summed E-state index contributed by atoms with van der Waals surface area (Å²) in [5, 5.41) is 3.93. The maximum Gasteiger partial charge on any atom is 0.254 e. The highest BCUT2D eigenvalue weighted by molar-refractivity contribution is 5.94. The number of H-pyrrole nitrogens is 1. The van der Waals surface area contributed by atoms with Crippen molar-refractivity contribution in [3.05, 3.63) is 71.2 Å². The lowest BCUT2D eigenvalue weighted by Crippen LogP contribution is -2.26. The van der Waals surface area contributed by atoms with Gasteiger partial charge in [0.15, 0.2) is 0 Å². The Balaban J connectivity index is 1.66. The van der Waals surface area contributed by atoms with Gasteiger partial charge in [0.25, 0.3) is 5.91 Å². The summed E-state index contributed by atoms with van der Waals surface area (Å²) in [6.07, 6.45) is 2.66. The summed E-state index contributed by atoms with van der Waals surface area (Å²) in [7, 11) is 0. The van der Waals surface area contributed by atoms with Gasteiger partial charge in [-0.3, -0.25) is 4.79 Å². The third kappa shape index (κ3) is 2.86. The molecular formula is C18H17FN2O. The van der Waals surface area contributed by atoms with Crippen LogP contribution in [0.4, 0.5) is 4.39 Å². The molecule has 0 saturated heterocycles. The summed E-state index contributed by atoms with van der Waals surface area (Å²) < 4.78 is 13.5. The number of rotatable bonds is 4. The number of halogens is 1. The molecule has 2 aromatic carbocycles. The number of benzene rings is 2. The van der Waals surface area contributed by atoms with E-state index < -0.39 is 5.82 Å². The van der Waals surface area contributed by atoms with Gasteiger partial charge in [0, 0.05) is 23.6 Å². The Morgan fingerprint density at radius 1 is 1.23 bits per heavy atom. The molecule has 4 heteroatoms. The molecule has 22 heavy (non-hydrogen) atoms. The van der Waals surface area contributed by atoms with Gasteiger partial charge in [-0.2, -0.15) is 0 Å². The molecule has 1 amide bonds. The Morgan fingerprint density at radius 2 is 2.05 bits per heavy atom. The monoisotopic (exact) mass is 296 g/mol. The van der Waals surface area contributed by atoms with Gasteiger partial charge in [0.1, 0.15) is 5.82 Å². The van der Waals surface area contributed by atoms with Crippen LogP contribution in [0.2, 0.25) is 0 Å². The molecule has 0 fully saturated rings. The molecule has 112 valence electrons. The van der Waals surface area contributed by atoms with Crippen LogP contribution in [0.3, 0.4) is 0 Å². The number of hydrogen-bond acceptors (Lipinski definition) is 1. The largest absolute Gasteiger partial charge is 0.361 e. The molecule has 0 spiro atoms. The van der Waals surface area contributed by atoms with Gasteiger partial charge in [0.2, 0.25) is 0 Å². The van der Waals surface area contributed by atoms with Crippen molar-refractivity contribution in [3.63, 3.8) is 0 Å². The fraction of sp³-hybridized carbons (Fsp3) is 0.167. The molecule has 0 aliphatic heterocycles. The number of amides is 1. The average molecular weight is 296 g/mol. The Bertz CT molecular complexity index is 823. The molecule has 0 radical (unpaired) electrons. The molecule has 2 N–H and O–H groups in total. The fourth-order valence-electron chi connectivity index (χ4n) is 2.55. The molecule has 0 aliphatic carbocycles. The standard InChI is InChI=1S/C18H17FN2O/c1-12-6-7-17-15(10-12)13(11-21-17)8-9-20-18(22)14-4-2-3-5-16(14)19/h2-7,10-11,21H,8-9H2,1H3,(H,20,22). The predicted octanol–water partition coefficient (Wildman–Crippen LogP) is 3.59. The second kappa shape index (κ2) is 6.02. The minimum absolute atomic E-state index is 0.0808. The lowest BCUT2D eigenvalue weighted by Gasteiger charge is -2.06. The van der Waals surface area contributed by atoms with Crippen LogP contribution in [0.1, 0.15) is 21.5 Å². The Morgan fingerprint density at radius 3 is 2.86 bits per heavy atom. The smallest absolute Gasteiger partial charge is 0.254 e. The van der Waals surface area contributed by atoms with Crippen molar-refractivity contribution in [2.24, 2.45) is 0 Å². The van der Waals surface area contributed by atoms with Crippen LogP contribution in [0.25, 0.3) is 10.9 Å². The van der Waals surface area contributed by atoms with Gasteiger partial charge in [0.05, 0.1) is 5.56 Å².